The largest absolute Gasteiger partial charge is 0.463 e. The molecule has 1 saturated heterocycles. The Balaban J connectivity index is 2.07. The molecule has 1 fully saturated rings. The van der Waals surface area contributed by atoms with Gasteiger partial charge in [0.25, 0.3) is 0 Å². The molecule has 3 nitrogen and oxygen atoms in total. The van der Waals surface area contributed by atoms with Crippen LogP contribution in [0.4, 0.5) is 0 Å². The topological polar surface area (TPSA) is 35.5 Å². The van der Waals surface area contributed by atoms with Crippen LogP contribution in [0.25, 0.3) is 0 Å². The molecule has 1 aliphatic heterocycles. The van der Waals surface area contributed by atoms with Crippen LogP contribution in [0.3, 0.4) is 0 Å². The Kier molecular flexibility index (Phi) is 2.68. The summed E-state index contributed by atoms with van der Waals surface area (Å²) >= 11 is 0. The van der Waals surface area contributed by atoms with Crippen molar-refractivity contribution in [1.29, 1.82) is 0 Å². The average molecular weight is 143 g/mol. The Labute approximate surface area is 60.3 Å². The molecule has 10 heavy (non-hydrogen) atoms. The van der Waals surface area contributed by atoms with Gasteiger partial charge in [0, 0.05) is 13.5 Å². The lowest BCUT2D eigenvalue weighted by Gasteiger charge is -2.06. The van der Waals surface area contributed by atoms with Gasteiger partial charge in [0.15, 0.2) is 0 Å². The molecule has 0 bridgehead atoms. The number of carbonyl (C=O) groups is 1. The van der Waals surface area contributed by atoms with Crippen molar-refractivity contribution < 1.29 is 14.3 Å². The van der Waals surface area contributed by atoms with E-state index < -0.39 is 0 Å². The molecule has 0 N–H and O–H groups in total. The van der Waals surface area contributed by atoms with Crippen molar-refractivity contribution in [3.05, 3.63) is 6.10 Å². The first kappa shape index (κ1) is 7.54. The van der Waals surface area contributed by atoms with Crippen molar-refractivity contribution in [2.45, 2.75) is 19.8 Å². The van der Waals surface area contributed by atoms with Crippen LogP contribution >= 0.6 is 0 Å². The van der Waals surface area contributed by atoms with Crippen LogP contribution in [0.2, 0.25) is 0 Å². The molecular weight excluding hydrogens is 132 g/mol. The SMILES string of the molecule is CC(=O)OC[C]1CCCO1. The van der Waals surface area contributed by atoms with Crippen LogP contribution in [-0.4, -0.2) is 19.2 Å². The number of esters is 1. The molecule has 0 unspecified atom stereocenters. The van der Waals surface area contributed by atoms with Gasteiger partial charge in [-0.3, -0.25) is 4.79 Å². The van der Waals surface area contributed by atoms with Crippen LogP contribution in [0.15, 0.2) is 0 Å². The molecular formula is C7H11O3. The van der Waals surface area contributed by atoms with E-state index in [0.717, 1.165) is 25.6 Å². The van der Waals surface area contributed by atoms with E-state index in [4.69, 9.17) is 9.47 Å². The highest BCUT2D eigenvalue weighted by Crippen LogP contribution is 2.19. The smallest absolute Gasteiger partial charge is 0.302 e. The van der Waals surface area contributed by atoms with Gasteiger partial charge in [-0.25, -0.2) is 0 Å². The van der Waals surface area contributed by atoms with Gasteiger partial charge in [0.05, 0.1) is 0 Å². The standard InChI is InChI=1S/C7H11O3/c1-6(8)10-5-7-3-2-4-9-7/h2-5H2,1H3. The van der Waals surface area contributed by atoms with Gasteiger partial charge in [0.2, 0.25) is 0 Å². The normalized spacial score (nSPS) is 19.3. The molecule has 1 aliphatic rings. The second-order valence-electron chi connectivity index (χ2n) is 2.27. The van der Waals surface area contributed by atoms with Crippen molar-refractivity contribution in [3.8, 4) is 0 Å². The number of carbonyl (C=O) groups excluding carboxylic acids is 1. The maximum Gasteiger partial charge on any atom is 0.302 e. The van der Waals surface area contributed by atoms with Crippen LogP contribution in [-0.2, 0) is 14.3 Å². The lowest BCUT2D eigenvalue weighted by Crippen LogP contribution is -2.08. The summed E-state index contributed by atoms with van der Waals surface area (Å²) in [5.41, 5.74) is 0. The molecule has 0 aromatic rings. The summed E-state index contributed by atoms with van der Waals surface area (Å²) in [6, 6.07) is 0. The highest BCUT2D eigenvalue weighted by molar-refractivity contribution is 5.66. The number of ether oxygens (including phenoxy) is 2. The summed E-state index contributed by atoms with van der Waals surface area (Å²) in [6.07, 6.45) is 2.89. The second kappa shape index (κ2) is 3.56. The zero-order valence-corrected chi connectivity index (χ0v) is 6.05. The van der Waals surface area contributed by atoms with Gasteiger partial charge < -0.3 is 9.47 Å². The quantitative estimate of drug-likeness (QED) is 0.538. The lowest BCUT2D eigenvalue weighted by atomic mass is 10.2. The molecule has 1 radical (unpaired) electrons. The van der Waals surface area contributed by atoms with E-state index in [-0.39, 0.29) is 5.97 Å². The first-order valence-electron chi connectivity index (χ1n) is 3.40. The van der Waals surface area contributed by atoms with E-state index >= 15 is 0 Å². The molecule has 0 spiro atoms. The van der Waals surface area contributed by atoms with Gasteiger partial charge in [0.1, 0.15) is 12.7 Å². The molecule has 0 aliphatic carbocycles. The molecule has 57 valence electrons. The maximum atomic E-state index is 10.3. The van der Waals surface area contributed by atoms with E-state index in [1.165, 1.54) is 6.92 Å². The monoisotopic (exact) mass is 143 g/mol. The van der Waals surface area contributed by atoms with Gasteiger partial charge in [-0.2, -0.15) is 0 Å². The van der Waals surface area contributed by atoms with Crippen molar-refractivity contribution in [2.24, 2.45) is 0 Å². The van der Waals surface area contributed by atoms with E-state index in [1.54, 1.807) is 0 Å². The zero-order chi connectivity index (χ0) is 7.40. The van der Waals surface area contributed by atoms with Crippen LogP contribution in [0.5, 0.6) is 0 Å². The molecule has 0 atom stereocenters. The number of hydrogen-bond acceptors (Lipinski definition) is 3. The van der Waals surface area contributed by atoms with Crippen LogP contribution < -0.4 is 0 Å². The zero-order valence-electron chi connectivity index (χ0n) is 6.05. The summed E-state index contributed by atoms with van der Waals surface area (Å²) in [5, 5.41) is 0. The van der Waals surface area contributed by atoms with Gasteiger partial charge in [-0.1, -0.05) is 0 Å². The van der Waals surface area contributed by atoms with E-state index in [9.17, 15) is 4.79 Å². The van der Waals surface area contributed by atoms with Crippen LogP contribution in [0.1, 0.15) is 19.8 Å². The lowest BCUT2D eigenvalue weighted by molar-refractivity contribution is -0.141. The summed E-state index contributed by atoms with van der Waals surface area (Å²) in [4.78, 5) is 10.3. The second-order valence-corrected chi connectivity index (χ2v) is 2.27. The summed E-state index contributed by atoms with van der Waals surface area (Å²) in [5.74, 6) is -0.247. The molecule has 0 aromatic heterocycles. The maximum absolute atomic E-state index is 10.3. The summed E-state index contributed by atoms with van der Waals surface area (Å²) < 4.78 is 9.87. The Morgan fingerprint density at radius 2 is 2.60 bits per heavy atom. The highest BCUT2D eigenvalue weighted by atomic mass is 16.6. The fourth-order valence-corrected chi connectivity index (χ4v) is 0.854. The minimum absolute atomic E-state index is 0.247. The van der Waals surface area contributed by atoms with Crippen molar-refractivity contribution in [1.82, 2.24) is 0 Å². The Hall–Kier alpha value is -0.570. The van der Waals surface area contributed by atoms with Crippen molar-refractivity contribution >= 4 is 5.97 Å². The van der Waals surface area contributed by atoms with E-state index in [0.29, 0.717) is 6.61 Å². The first-order chi connectivity index (χ1) is 4.79. The first-order valence-corrected chi connectivity index (χ1v) is 3.40. The highest BCUT2D eigenvalue weighted by Gasteiger charge is 2.17. The fourth-order valence-electron chi connectivity index (χ4n) is 0.854. The Morgan fingerprint density at radius 1 is 1.80 bits per heavy atom. The van der Waals surface area contributed by atoms with E-state index in [2.05, 4.69) is 0 Å². The van der Waals surface area contributed by atoms with Crippen molar-refractivity contribution in [3.63, 3.8) is 0 Å². The van der Waals surface area contributed by atoms with Crippen LogP contribution in [0, 0.1) is 6.10 Å². The summed E-state index contributed by atoms with van der Waals surface area (Å²) in [7, 11) is 0. The predicted octanol–water partition coefficient (Wildman–Crippen LogP) is 0.892. The Bertz CT molecular complexity index is 116. The third-order valence-corrected chi connectivity index (χ3v) is 1.34. The molecule has 1 rings (SSSR count). The minimum atomic E-state index is -0.247. The molecule has 3 heteroatoms. The molecule has 0 saturated carbocycles. The third kappa shape index (κ3) is 2.35. The van der Waals surface area contributed by atoms with E-state index in [1.807, 2.05) is 0 Å². The van der Waals surface area contributed by atoms with Gasteiger partial charge >= 0.3 is 5.97 Å². The summed E-state index contributed by atoms with van der Waals surface area (Å²) in [6.45, 7) is 2.52. The Morgan fingerprint density at radius 3 is 3.10 bits per heavy atom. The van der Waals surface area contributed by atoms with Gasteiger partial charge in [-0.15, -0.1) is 0 Å². The van der Waals surface area contributed by atoms with Crippen molar-refractivity contribution in [2.75, 3.05) is 13.2 Å². The molecule has 0 aromatic carbocycles. The third-order valence-electron chi connectivity index (χ3n) is 1.34. The average Bonchev–Trinajstić information content (AvgIpc) is 2.34. The molecule has 1 heterocycles. The number of rotatable bonds is 2. The predicted molar refractivity (Wildman–Crippen MR) is 35.1 cm³/mol. The fraction of sp³-hybridized carbons (Fsp3) is 0.714. The number of hydrogen-bond donors (Lipinski definition) is 0. The molecule has 0 amide bonds. The minimum Gasteiger partial charge on any atom is -0.463 e. The van der Waals surface area contributed by atoms with Gasteiger partial charge in [-0.05, 0) is 12.8 Å².